The molecule has 1 aromatic carbocycles. The topological polar surface area (TPSA) is 63.7 Å². The van der Waals surface area contributed by atoms with Gasteiger partial charge in [0.25, 0.3) is 0 Å². The quantitative estimate of drug-likeness (QED) is 0.463. The average molecular weight is 370 g/mol. The maximum absolute atomic E-state index is 12.3. The van der Waals surface area contributed by atoms with Crippen LogP contribution in [0, 0.1) is 11.8 Å². The second kappa shape index (κ2) is 7.11. The highest BCUT2D eigenvalue weighted by Gasteiger charge is 2.47. The Morgan fingerprint density at radius 3 is 2.33 bits per heavy atom. The van der Waals surface area contributed by atoms with E-state index in [1.807, 2.05) is 0 Å². The standard InChI is InChI=1S/C17H17Cl2NO4/c18-10-5-6-14(13(19)9-10)24-15(21)7-8-20-16(22)11-3-1-2-4-12(11)17(20)23/h5-6,9,11-12H,1-4,7-8H2/t11-,12+. The monoisotopic (exact) mass is 369 g/mol. The lowest BCUT2D eigenvalue weighted by Crippen LogP contribution is -2.33. The highest BCUT2D eigenvalue weighted by Crippen LogP contribution is 2.38. The molecule has 2 aliphatic rings. The maximum Gasteiger partial charge on any atom is 0.313 e. The van der Waals surface area contributed by atoms with Crippen LogP contribution < -0.4 is 4.74 Å². The Kier molecular flexibility index (Phi) is 5.11. The molecular formula is C17H17Cl2NO4. The summed E-state index contributed by atoms with van der Waals surface area (Å²) in [7, 11) is 0. The van der Waals surface area contributed by atoms with Gasteiger partial charge >= 0.3 is 5.97 Å². The molecule has 1 aromatic rings. The van der Waals surface area contributed by atoms with Crippen LogP contribution in [0.3, 0.4) is 0 Å². The summed E-state index contributed by atoms with van der Waals surface area (Å²) >= 11 is 11.7. The first-order valence-corrected chi connectivity index (χ1v) is 8.74. The third-order valence-corrected chi connectivity index (χ3v) is 5.12. The van der Waals surface area contributed by atoms with Crippen LogP contribution in [0.15, 0.2) is 18.2 Å². The number of carbonyl (C=O) groups is 3. The normalized spacial score (nSPS) is 23.3. The molecule has 0 aromatic heterocycles. The van der Waals surface area contributed by atoms with Crippen LogP contribution in [0.25, 0.3) is 0 Å². The van der Waals surface area contributed by atoms with Gasteiger partial charge in [0.2, 0.25) is 11.8 Å². The van der Waals surface area contributed by atoms with Crippen molar-refractivity contribution in [2.45, 2.75) is 32.1 Å². The minimum Gasteiger partial charge on any atom is -0.425 e. The molecule has 1 saturated heterocycles. The van der Waals surface area contributed by atoms with Crippen molar-refractivity contribution in [1.82, 2.24) is 4.90 Å². The number of carbonyl (C=O) groups excluding carboxylic acids is 3. The summed E-state index contributed by atoms with van der Waals surface area (Å²) in [6, 6.07) is 4.54. The number of ether oxygens (including phenoxy) is 1. The fraction of sp³-hybridized carbons (Fsp3) is 0.471. The van der Waals surface area contributed by atoms with E-state index in [-0.39, 0.29) is 47.4 Å². The molecule has 0 unspecified atom stereocenters. The summed E-state index contributed by atoms with van der Waals surface area (Å²) in [5, 5.41) is 0.672. The maximum atomic E-state index is 12.3. The van der Waals surface area contributed by atoms with Gasteiger partial charge < -0.3 is 4.74 Å². The lowest BCUT2D eigenvalue weighted by Gasteiger charge is -2.19. The van der Waals surface area contributed by atoms with Gasteiger partial charge in [0.05, 0.1) is 23.3 Å². The number of nitrogens with zero attached hydrogens (tertiary/aromatic N) is 1. The van der Waals surface area contributed by atoms with Crippen LogP contribution >= 0.6 is 23.2 Å². The SMILES string of the molecule is O=C(CCN1C(=O)[C@H]2CCCC[C@H]2C1=O)Oc1ccc(Cl)cc1Cl. The van der Waals surface area contributed by atoms with Gasteiger partial charge in [-0.05, 0) is 31.0 Å². The lowest BCUT2D eigenvalue weighted by atomic mass is 9.81. The molecule has 1 aliphatic carbocycles. The highest BCUT2D eigenvalue weighted by atomic mass is 35.5. The van der Waals surface area contributed by atoms with Gasteiger partial charge in [0.1, 0.15) is 5.75 Å². The molecular weight excluding hydrogens is 353 g/mol. The Labute approximate surface area is 149 Å². The summed E-state index contributed by atoms with van der Waals surface area (Å²) < 4.78 is 5.17. The van der Waals surface area contributed by atoms with Crippen molar-refractivity contribution in [3.8, 4) is 5.75 Å². The van der Waals surface area contributed by atoms with E-state index >= 15 is 0 Å². The third kappa shape index (κ3) is 3.42. The number of imide groups is 1. The fourth-order valence-electron chi connectivity index (χ4n) is 3.39. The number of fused-ring (bicyclic) bond motifs is 1. The lowest BCUT2D eigenvalue weighted by molar-refractivity contribution is -0.141. The van der Waals surface area contributed by atoms with E-state index < -0.39 is 5.97 Å². The van der Waals surface area contributed by atoms with Gasteiger partial charge in [-0.25, -0.2) is 0 Å². The number of likely N-dealkylation sites (tertiary alicyclic amines) is 1. The second-order valence-electron chi connectivity index (χ2n) is 6.12. The Hall–Kier alpha value is -1.59. The van der Waals surface area contributed by atoms with Crippen LogP contribution in [0.1, 0.15) is 32.1 Å². The van der Waals surface area contributed by atoms with E-state index in [9.17, 15) is 14.4 Å². The smallest absolute Gasteiger partial charge is 0.313 e. The molecule has 0 spiro atoms. The molecule has 7 heteroatoms. The zero-order valence-corrected chi connectivity index (χ0v) is 14.5. The van der Waals surface area contributed by atoms with E-state index in [1.165, 1.54) is 17.0 Å². The predicted molar refractivity (Wildman–Crippen MR) is 88.9 cm³/mol. The highest BCUT2D eigenvalue weighted by molar-refractivity contribution is 6.35. The third-order valence-electron chi connectivity index (χ3n) is 4.59. The van der Waals surface area contributed by atoms with Crippen molar-refractivity contribution in [2.24, 2.45) is 11.8 Å². The number of hydrogen-bond donors (Lipinski definition) is 0. The van der Waals surface area contributed by atoms with Gasteiger partial charge in [-0.15, -0.1) is 0 Å². The van der Waals surface area contributed by atoms with Gasteiger partial charge in [0, 0.05) is 11.6 Å². The summed E-state index contributed by atoms with van der Waals surface area (Å²) in [6.07, 6.45) is 3.42. The van der Waals surface area contributed by atoms with E-state index in [4.69, 9.17) is 27.9 Å². The molecule has 0 radical (unpaired) electrons. The first kappa shape index (κ1) is 17.2. The molecule has 1 aliphatic heterocycles. The zero-order valence-electron chi connectivity index (χ0n) is 13.0. The summed E-state index contributed by atoms with van der Waals surface area (Å²) in [6.45, 7) is 0.0503. The second-order valence-corrected chi connectivity index (χ2v) is 6.97. The molecule has 0 N–H and O–H groups in total. The Morgan fingerprint density at radius 2 is 1.75 bits per heavy atom. The van der Waals surface area contributed by atoms with Crippen LogP contribution in [-0.4, -0.2) is 29.2 Å². The van der Waals surface area contributed by atoms with Crippen LogP contribution in [0.4, 0.5) is 0 Å². The number of rotatable bonds is 4. The van der Waals surface area contributed by atoms with Gasteiger partial charge in [-0.2, -0.15) is 0 Å². The van der Waals surface area contributed by atoms with Crippen molar-refractivity contribution < 1.29 is 19.1 Å². The molecule has 2 fully saturated rings. The number of benzene rings is 1. The van der Waals surface area contributed by atoms with Crippen molar-refractivity contribution in [3.05, 3.63) is 28.2 Å². The molecule has 3 rings (SSSR count). The van der Waals surface area contributed by atoms with E-state index in [0.717, 1.165) is 25.7 Å². The number of halogens is 2. The average Bonchev–Trinajstić information content (AvgIpc) is 2.80. The molecule has 0 bridgehead atoms. The van der Waals surface area contributed by atoms with Gasteiger partial charge in [-0.1, -0.05) is 36.0 Å². The zero-order chi connectivity index (χ0) is 17.3. The first-order valence-electron chi connectivity index (χ1n) is 7.98. The molecule has 128 valence electrons. The molecule has 5 nitrogen and oxygen atoms in total. The molecule has 2 atom stereocenters. The van der Waals surface area contributed by atoms with Crippen LogP contribution in [0.2, 0.25) is 10.0 Å². The molecule has 1 heterocycles. The van der Waals surface area contributed by atoms with Gasteiger partial charge in [0.15, 0.2) is 0 Å². The number of esters is 1. The number of hydrogen-bond acceptors (Lipinski definition) is 4. The van der Waals surface area contributed by atoms with Crippen molar-refractivity contribution >= 4 is 41.0 Å². The molecule has 2 amide bonds. The largest absolute Gasteiger partial charge is 0.425 e. The Morgan fingerprint density at radius 1 is 1.12 bits per heavy atom. The number of amides is 2. The molecule has 24 heavy (non-hydrogen) atoms. The minimum absolute atomic E-state index is 0.0503. The predicted octanol–water partition coefficient (Wildman–Crippen LogP) is 3.46. The van der Waals surface area contributed by atoms with Crippen LogP contribution in [-0.2, 0) is 14.4 Å². The van der Waals surface area contributed by atoms with E-state index in [2.05, 4.69) is 0 Å². The summed E-state index contributed by atoms with van der Waals surface area (Å²) in [4.78, 5) is 37.8. The van der Waals surface area contributed by atoms with Gasteiger partial charge in [-0.3, -0.25) is 19.3 Å². The Balaban J connectivity index is 1.58. The van der Waals surface area contributed by atoms with Crippen molar-refractivity contribution in [2.75, 3.05) is 6.54 Å². The molecule has 1 saturated carbocycles. The van der Waals surface area contributed by atoms with E-state index in [1.54, 1.807) is 6.07 Å². The van der Waals surface area contributed by atoms with Crippen LogP contribution in [0.5, 0.6) is 5.75 Å². The first-order chi connectivity index (χ1) is 11.5. The van der Waals surface area contributed by atoms with Crippen molar-refractivity contribution in [1.29, 1.82) is 0 Å². The fourth-order valence-corrected chi connectivity index (χ4v) is 3.83. The Bertz CT molecular complexity index is 667. The van der Waals surface area contributed by atoms with E-state index in [0.29, 0.717) is 5.02 Å². The van der Waals surface area contributed by atoms with Crippen molar-refractivity contribution in [3.63, 3.8) is 0 Å². The summed E-state index contributed by atoms with van der Waals surface area (Å²) in [5.41, 5.74) is 0. The minimum atomic E-state index is -0.547. The summed E-state index contributed by atoms with van der Waals surface area (Å²) in [5.74, 6) is -1.04.